The van der Waals surface area contributed by atoms with Gasteiger partial charge in [0.05, 0.1) is 0 Å². The predicted molar refractivity (Wildman–Crippen MR) is 53.2 cm³/mol. The van der Waals surface area contributed by atoms with Crippen LogP contribution in [-0.4, -0.2) is 0 Å². The molecule has 0 bridgehead atoms. The molecule has 0 aliphatic rings. The Kier molecular flexibility index (Phi) is 9.44. The van der Waals surface area contributed by atoms with E-state index in [4.69, 9.17) is 0 Å². The fourth-order valence-corrected chi connectivity index (χ4v) is 1.50. The van der Waals surface area contributed by atoms with Gasteiger partial charge < -0.3 is 6.15 Å². The second kappa shape index (κ2) is 7.80. The van der Waals surface area contributed by atoms with Gasteiger partial charge in [0.15, 0.2) is 0 Å². The topological polar surface area (TPSA) is 35.0 Å². The highest BCUT2D eigenvalue weighted by molar-refractivity contribution is 5.12. The molecule has 0 aromatic rings. The SMILES string of the molecule is CCC(CC)=C(CC)CC.N. The Labute approximate surface area is 71.5 Å². The van der Waals surface area contributed by atoms with E-state index in [1.807, 2.05) is 0 Å². The van der Waals surface area contributed by atoms with Crippen molar-refractivity contribution in [2.24, 2.45) is 0 Å². The maximum atomic E-state index is 2.25. The van der Waals surface area contributed by atoms with E-state index in [2.05, 4.69) is 27.7 Å². The number of rotatable bonds is 4. The van der Waals surface area contributed by atoms with Gasteiger partial charge in [0, 0.05) is 0 Å². The van der Waals surface area contributed by atoms with Gasteiger partial charge in [-0.2, -0.15) is 0 Å². The van der Waals surface area contributed by atoms with Crippen LogP contribution in [0.3, 0.4) is 0 Å². The molecule has 0 radical (unpaired) electrons. The van der Waals surface area contributed by atoms with Crippen LogP contribution in [0.5, 0.6) is 0 Å². The average Bonchev–Trinajstić information content (AvgIpc) is 2.00. The highest BCUT2D eigenvalue weighted by atomic mass is 14.0. The molecule has 0 saturated carbocycles. The second-order valence-corrected chi connectivity index (χ2v) is 2.62. The molecule has 1 nitrogen and oxygen atoms in total. The molecule has 0 spiro atoms. The summed E-state index contributed by atoms with van der Waals surface area (Å²) >= 11 is 0. The van der Waals surface area contributed by atoms with Crippen LogP contribution in [0.25, 0.3) is 0 Å². The van der Waals surface area contributed by atoms with Gasteiger partial charge in [0.25, 0.3) is 0 Å². The van der Waals surface area contributed by atoms with Crippen LogP contribution < -0.4 is 6.15 Å². The predicted octanol–water partition coefficient (Wildman–Crippen LogP) is 4.09. The van der Waals surface area contributed by atoms with Crippen LogP contribution in [0.2, 0.25) is 0 Å². The van der Waals surface area contributed by atoms with E-state index in [1.165, 1.54) is 25.7 Å². The Morgan fingerprint density at radius 1 is 0.636 bits per heavy atom. The molecular weight excluding hydrogens is 134 g/mol. The smallest absolute Gasteiger partial charge is 0.0346 e. The third-order valence-electron chi connectivity index (χ3n) is 2.21. The van der Waals surface area contributed by atoms with E-state index in [0.29, 0.717) is 0 Å². The van der Waals surface area contributed by atoms with Gasteiger partial charge in [0.2, 0.25) is 0 Å². The van der Waals surface area contributed by atoms with Gasteiger partial charge in [-0.05, 0) is 25.7 Å². The zero-order valence-corrected chi connectivity index (χ0v) is 8.54. The van der Waals surface area contributed by atoms with Crippen molar-refractivity contribution >= 4 is 0 Å². The fourth-order valence-electron chi connectivity index (χ4n) is 1.50. The van der Waals surface area contributed by atoms with Gasteiger partial charge in [-0.1, -0.05) is 38.8 Å². The summed E-state index contributed by atoms with van der Waals surface area (Å²) in [5.41, 5.74) is 3.34. The Balaban J connectivity index is 0. The lowest BCUT2D eigenvalue weighted by molar-refractivity contribution is 0.864. The van der Waals surface area contributed by atoms with Crippen LogP contribution in [0.4, 0.5) is 0 Å². The molecule has 0 aromatic carbocycles. The molecule has 0 saturated heterocycles. The molecular formula is C10H23N. The van der Waals surface area contributed by atoms with Crippen molar-refractivity contribution in [2.45, 2.75) is 53.4 Å². The summed E-state index contributed by atoms with van der Waals surface area (Å²) in [4.78, 5) is 0. The van der Waals surface area contributed by atoms with E-state index in [0.717, 1.165) is 0 Å². The van der Waals surface area contributed by atoms with Gasteiger partial charge in [-0.15, -0.1) is 0 Å². The van der Waals surface area contributed by atoms with Gasteiger partial charge in [-0.3, -0.25) is 0 Å². The second-order valence-electron chi connectivity index (χ2n) is 2.62. The minimum Gasteiger partial charge on any atom is -0.344 e. The van der Waals surface area contributed by atoms with E-state index in [-0.39, 0.29) is 6.15 Å². The van der Waals surface area contributed by atoms with E-state index < -0.39 is 0 Å². The van der Waals surface area contributed by atoms with Crippen molar-refractivity contribution in [1.29, 1.82) is 0 Å². The first-order valence-electron chi connectivity index (χ1n) is 4.49. The molecule has 0 aromatic heterocycles. The third kappa shape index (κ3) is 4.20. The van der Waals surface area contributed by atoms with Crippen molar-refractivity contribution < 1.29 is 0 Å². The van der Waals surface area contributed by atoms with Crippen molar-refractivity contribution in [2.75, 3.05) is 0 Å². The highest BCUT2D eigenvalue weighted by Crippen LogP contribution is 2.17. The minimum atomic E-state index is 0. The Morgan fingerprint density at radius 3 is 0.909 bits per heavy atom. The van der Waals surface area contributed by atoms with Crippen molar-refractivity contribution in [3.05, 3.63) is 11.1 Å². The molecule has 0 aliphatic heterocycles. The summed E-state index contributed by atoms with van der Waals surface area (Å²) in [6.07, 6.45) is 4.97. The molecule has 0 unspecified atom stereocenters. The van der Waals surface area contributed by atoms with Gasteiger partial charge >= 0.3 is 0 Å². The molecule has 1 heteroatoms. The van der Waals surface area contributed by atoms with Gasteiger partial charge in [-0.25, -0.2) is 0 Å². The fraction of sp³-hybridized carbons (Fsp3) is 0.800. The molecule has 0 amide bonds. The zero-order chi connectivity index (χ0) is 7.98. The number of hydrogen-bond donors (Lipinski definition) is 1. The monoisotopic (exact) mass is 157 g/mol. The average molecular weight is 157 g/mol. The highest BCUT2D eigenvalue weighted by Gasteiger charge is 1.97. The molecule has 0 heterocycles. The van der Waals surface area contributed by atoms with Crippen molar-refractivity contribution in [3.63, 3.8) is 0 Å². The first-order chi connectivity index (χ1) is 4.79. The van der Waals surface area contributed by atoms with E-state index in [9.17, 15) is 0 Å². The van der Waals surface area contributed by atoms with E-state index >= 15 is 0 Å². The van der Waals surface area contributed by atoms with E-state index in [1.54, 1.807) is 11.1 Å². The zero-order valence-electron chi connectivity index (χ0n) is 8.54. The summed E-state index contributed by atoms with van der Waals surface area (Å²) in [5.74, 6) is 0. The van der Waals surface area contributed by atoms with Crippen LogP contribution in [0, 0.1) is 0 Å². The summed E-state index contributed by atoms with van der Waals surface area (Å²) < 4.78 is 0. The maximum absolute atomic E-state index is 2.25. The summed E-state index contributed by atoms with van der Waals surface area (Å²) in [6.45, 7) is 9.02. The largest absolute Gasteiger partial charge is 0.344 e. The standard InChI is InChI=1S/C10H20.H3N/c1-5-9(6-2)10(7-3)8-4;/h5-8H2,1-4H3;1H3. The Bertz CT molecular complexity index is 88.0. The lowest BCUT2D eigenvalue weighted by Gasteiger charge is -2.07. The summed E-state index contributed by atoms with van der Waals surface area (Å²) in [7, 11) is 0. The lowest BCUT2D eigenvalue weighted by atomic mass is 9.99. The van der Waals surface area contributed by atoms with Crippen LogP contribution >= 0.6 is 0 Å². The summed E-state index contributed by atoms with van der Waals surface area (Å²) in [5, 5.41) is 0. The third-order valence-corrected chi connectivity index (χ3v) is 2.21. The lowest BCUT2D eigenvalue weighted by Crippen LogP contribution is -1.87. The molecule has 0 rings (SSSR count). The normalized spacial score (nSPS) is 8.73. The minimum absolute atomic E-state index is 0. The molecule has 11 heavy (non-hydrogen) atoms. The first kappa shape index (κ1) is 13.3. The molecule has 0 fully saturated rings. The maximum Gasteiger partial charge on any atom is -0.0346 e. The van der Waals surface area contributed by atoms with Crippen molar-refractivity contribution in [3.8, 4) is 0 Å². The van der Waals surface area contributed by atoms with Crippen molar-refractivity contribution in [1.82, 2.24) is 6.15 Å². The number of allylic oxidation sites excluding steroid dienone is 2. The summed E-state index contributed by atoms with van der Waals surface area (Å²) in [6, 6.07) is 0. The Hall–Kier alpha value is -0.300. The van der Waals surface area contributed by atoms with Gasteiger partial charge in [0.1, 0.15) is 0 Å². The van der Waals surface area contributed by atoms with Crippen LogP contribution in [0.1, 0.15) is 53.4 Å². The first-order valence-corrected chi connectivity index (χ1v) is 4.49. The molecule has 3 N–H and O–H groups in total. The quantitative estimate of drug-likeness (QED) is 0.613. The molecule has 0 atom stereocenters. The molecule has 0 aliphatic carbocycles. The van der Waals surface area contributed by atoms with Crippen LogP contribution in [0.15, 0.2) is 11.1 Å². The Morgan fingerprint density at radius 2 is 0.818 bits per heavy atom. The molecule has 68 valence electrons. The number of hydrogen-bond acceptors (Lipinski definition) is 1. The van der Waals surface area contributed by atoms with Crippen LogP contribution in [-0.2, 0) is 0 Å².